The van der Waals surface area contributed by atoms with Crippen molar-refractivity contribution < 1.29 is 19.2 Å². The number of hydrogen-bond acceptors (Lipinski definition) is 5. The van der Waals surface area contributed by atoms with Gasteiger partial charge in [0.25, 0.3) is 5.91 Å². The molecule has 1 aliphatic rings. The summed E-state index contributed by atoms with van der Waals surface area (Å²) in [5.41, 5.74) is 3.49. The number of aromatic nitrogens is 1. The van der Waals surface area contributed by atoms with Crippen molar-refractivity contribution in [2.24, 2.45) is 0 Å². The number of anilines is 1. The number of carbonyl (C=O) groups is 4. The average Bonchev–Trinajstić information content (AvgIpc) is 3.04. The highest BCUT2D eigenvalue weighted by molar-refractivity contribution is 6.01. The van der Waals surface area contributed by atoms with Gasteiger partial charge in [-0.25, -0.2) is 0 Å². The molecule has 3 amide bonds. The number of rotatable bonds is 7. The van der Waals surface area contributed by atoms with Gasteiger partial charge in [0, 0.05) is 38.1 Å². The molecule has 2 aromatic rings. The van der Waals surface area contributed by atoms with Gasteiger partial charge in [-0.3, -0.25) is 19.4 Å². The maximum Gasteiger partial charge on any atom is 0.255 e. The second kappa shape index (κ2) is 8.64. The van der Waals surface area contributed by atoms with Gasteiger partial charge in [-0.05, 0) is 36.2 Å². The number of nitrogens with one attached hydrogen (secondary N) is 2. The van der Waals surface area contributed by atoms with Crippen LogP contribution in [-0.4, -0.2) is 47.0 Å². The van der Waals surface area contributed by atoms with E-state index in [9.17, 15) is 19.2 Å². The lowest BCUT2D eigenvalue weighted by molar-refractivity contribution is -0.125. The van der Waals surface area contributed by atoms with Crippen LogP contribution in [0.1, 0.15) is 35.7 Å². The molecule has 0 spiro atoms. The van der Waals surface area contributed by atoms with E-state index in [0.29, 0.717) is 23.5 Å². The monoisotopic (exact) mass is 394 g/mol. The first-order valence-electron chi connectivity index (χ1n) is 9.27. The van der Waals surface area contributed by atoms with E-state index < -0.39 is 6.04 Å². The molecule has 1 aliphatic heterocycles. The highest BCUT2D eigenvalue weighted by atomic mass is 16.2. The van der Waals surface area contributed by atoms with E-state index >= 15 is 0 Å². The maximum atomic E-state index is 12.8. The Balaban J connectivity index is 1.84. The molecule has 150 valence electrons. The second-order valence-electron chi connectivity index (χ2n) is 6.79. The van der Waals surface area contributed by atoms with Crippen molar-refractivity contribution in [3.8, 4) is 11.3 Å². The minimum absolute atomic E-state index is 0.170. The molecule has 8 heteroatoms. The van der Waals surface area contributed by atoms with E-state index in [2.05, 4.69) is 15.6 Å². The number of nitrogens with zero attached hydrogens (tertiary/aromatic N) is 2. The van der Waals surface area contributed by atoms with Gasteiger partial charge in [-0.1, -0.05) is 6.07 Å². The van der Waals surface area contributed by atoms with Gasteiger partial charge < -0.3 is 20.3 Å². The van der Waals surface area contributed by atoms with Gasteiger partial charge in [0.1, 0.15) is 12.3 Å². The van der Waals surface area contributed by atoms with E-state index in [1.54, 1.807) is 30.5 Å². The largest absolute Gasteiger partial charge is 0.357 e. The molecule has 1 aromatic carbocycles. The van der Waals surface area contributed by atoms with Crippen molar-refractivity contribution in [2.45, 2.75) is 32.4 Å². The zero-order valence-corrected chi connectivity index (χ0v) is 16.3. The molecule has 0 saturated carbocycles. The van der Waals surface area contributed by atoms with Crippen LogP contribution in [-0.2, 0) is 20.9 Å². The minimum Gasteiger partial charge on any atom is -0.357 e. The van der Waals surface area contributed by atoms with Crippen LogP contribution in [0.2, 0.25) is 0 Å². The molecule has 0 bridgehead atoms. The topological polar surface area (TPSA) is 108 Å². The Labute approximate surface area is 168 Å². The summed E-state index contributed by atoms with van der Waals surface area (Å²) in [7, 11) is 1.51. The van der Waals surface area contributed by atoms with Gasteiger partial charge in [0.2, 0.25) is 11.8 Å². The number of hydrogen-bond donors (Lipinski definition) is 2. The Morgan fingerprint density at radius 2 is 2.07 bits per heavy atom. The molecule has 1 aromatic heterocycles. The van der Waals surface area contributed by atoms with Crippen molar-refractivity contribution in [3.63, 3.8) is 0 Å². The molecule has 0 radical (unpaired) electrons. The van der Waals surface area contributed by atoms with Crippen molar-refractivity contribution in [3.05, 3.63) is 47.7 Å². The molecule has 8 nitrogen and oxygen atoms in total. The smallest absolute Gasteiger partial charge is 0.255 e. The van der Waals surface area contributed by atoms with E-state index in [0.717, 1.165) is 17.4 Å². The third kappa shape index (κ3) is 4.31. The number of likely N-dealkylation sites (N-methyl/N-ethyl adjacent to an activating group) is 1. The molecular formula is C21H22N4O4. The van der Waals surface area contributed by atoms with E-state index in [1.807, 2.05) is 6.07 Å². The SMILES string of the molecule is CNC(=O)C(CCC=O)N1Cc2cc(-c3ccc(NC(C)=O)cn3)ccc2C1=O. The lowest BCUT2D eigenvalue weighted by Gasteiger charge is -2.25. The predicted octanol–water partition coefficient (Wildman–Crippen LogP) is 1.76. The van der Waals surface area contributed by atoms with Gasteiger partial charge in [0.15, 0.2) is 0 Å². The second-order valence-corrected chi connectivity index (χ2v) is 6.79. The number of aldehydes is 1. The van der Waals surface area contributed by atoms with Crippen LogP contribution in [0.4, 0.5) is 5.69 Å². The first-order valence-corrected chi connectivity index (χ1v) is 9.27. The number of fused-ring (bicyclic) bond motifs is 1. The van der Waals surface area contributed by atoms with Crippen molar-refractivity contribution in [1.82, 2.24) is 15.2 Å². The third-order valence-corrected chi connectivity index (χ3v) is 4.80. The van der Waals surface area contributed by atoms with Crippen molar-refractivity contribution in [1.29, 1.82) is 0 Å². The number of carbonyl (C=O) groups excluding carboxylic acids is 4. The first kappa shape index (κ1) is 20.2. The van der Waals surface area contributed by atoms with E-state index in [-0.39, 0.29) is 30.6 Å². The summed E-state index contributed by atoms with van der Waals surface area (Å²) in [6, 6.07) is 8.28. The molecule has 0 aliphatic carbocycles. The van der Waals surface area contributed by atoms with Gasteiger partial charge >= 0.3 is 0 Å². The minimum atomic E-state index is -0.691. The Morgan fingerprint density at radius 3 is 2.69 bits per heavy atom. The lowest BCUT2D eigenvalue weighted by Crippen LogP contribution is -2.46. The van der Waals surface area contributed by atoms with Crippen LogP contribution >= 0.6 is 0 Å². The molecule has 0 saturated heterocycles. The van der Waals surface area contributed by atoms with Crippen LogP contribution in [0.5, 0.6) is 0 Å². The molecule has 2 N–H and O–H groups in total. The number of benzene rings is 1. The zero-order chi connectivity index (χ0) is 21.0. The van der Waals surface area contributed by atoms with Gasteiger partial charge in [-0.2, -0.15) is 0 Å². The molecule has 3 rings (SSSR count). The summed E-state index contributed by atoms with van der Waals surface area (Å²) in [4.78, 5) is 52.8. The number of pyridine rings is 1. The van der Waals surface area contributed by atoms with E-state index in [4.69, 9.17) is 0 Å². The molecule has 1 atom stereocenters. The fraction of sp³-hybridized carbons (Fsp3) is 0.286. The fourth-order valence-electron chi connectivity index (χ4n) is 3.42. The summed E-state index contributed by atoms with van der Waals surface area (Å²) in [5.74, 6) is -0.681. The van der Waals surface area contributed by atoms with Crippen LogP contribution < -0.4 is 10.6 Å². The average molecular weight is 394 g/mol. The predicted molar refractivity (Wildman–Crippen MR) is 107 cm³/mol. The summed E-state index contributed by atoms with van der Waals surface area (Å²) in [6.07, 6.45) is 2.80. The molecule has 29 heavy (non-hydrogen) atoms. The summed E-state index contributed by atoms with van der Waals surface area (Å²) >= 11 is 0. The van der Waals surface area contributed by atoms with E-state index in [1.165, 1.54) is 18.9 Å². The Kier molecular flexibility index (Phi) is 6.01. The fourth-order valence-corrected chi connectivity index (χ4v) is 3.42. The highest BCUT2D eigenvalue weighted by Crippen LogP contribution is 2.30. The summed E-state index contributed by atoms with van der Waals surface area (Å²) in [6.45, 7) is 1.72. The Morgan fingerprint density at radius 1 is 1.28 bits per heavy atom. The summed E-state index contributed by atoms with van der Waals surface area (Å²) < 4.78 is 0. The first-order chi connectivity index (χ1) is 13.9. The lowest BCUT2D eigenvalue weighted by atomic mass is 10.0. The zero-order valence-electron chi connectivity index (χ0n) is 16.3. The standard InChI is InChI=1S/C21H22N4O4/c1-13(27)24-16-6-8-18(23-11-16)14-5-7-17-15(10-14)12-25(21(17)29)19(4-3-9-26)20(28)22-2/h5-11,19H,3-4,12H2,1-2H3,(H,22,28)(H,24,27). The Bertz CT molecular complexity index is 956. The van der Waals surface area contributed by atoms with Gasteiger partial charge in [-0.15, -0.1) is 0 Å². The molecule has 2 heterocycles. The van der Waals surface area contributed by atoms with Crippen LogP contribution in [0.3, 0.4) is 0 Å². The van der Waals surface area contributed by atoms with Crippen molar-refractivity contribution >= 4 is 29.7 Å². The maximum absolute atomic E-state index is 12.8. The highest BCUT2D eigenvalue weighted by Gasteiger charge is 2.35. The molecular weight excluding hydrogens is 372 g/mol. The number of amides is 3. The molecule has 1 unspecified atom stereocenters. The normalized spacial score (nSPS) is 13.6. The van der Waals surface area contributed by atoms with Crippen LogP contribution in [0.25, 0.3) is 11.3 Å². The Hall–Kier alpha value is -3.55. The van der Waals surface area contributed by atoms with Crippen LogP contribution in [0.15, 0.2) is 36.5 Å². The third-order valence-electron chi connectivity index (χ3n) is 4.80. The quantitative estimate of drug-likeness (QED) is 0.696. The van der Waals surface area contributed by atoms with Crippen LogP contribution in [0, 0.1) is 0 Å². The van der Waals surface area contributed by atoms with Gasteiger partial charge in [0.05, 0.1) is 17.6 Å². The summed E-state index contributed by atoms with van der Waals surface area (Å²) in [5, 5.41) is 5.23. The van der Waals surface area contributed by atoms with Crippen molar-refractivity contribution in [2.75, 3.05) is 12.4 Å². The molecule has 0 fully saturated rings.